The second kappa shape index (κ2) is 8.89. The predicted molar refractivity (Wildman–Crippen MR) is 120 cm³/mol. The lowest BCUT2D eigenvalue weighted by Gasteiger charge is -2.16. The van der Waals surface area contributed by atoms with E-state index in [-0.39, 0.29) is 29.9 Å². The molecule has 1 aliphatic carbocycles. The van der Waals surface area contributed by atoms with E-state index < -0.39 is 0 Å². The lowest BCUT2D eigenvalue weighted by molar-refractivity contribution is -0.118. The molecule has 1 N–H and O–H groups in total. The van der Waals surface area contributed by atoms with Gasteiger partial charge in [0, 0.05) is 27.9 Å². The van der Waals surface area contributed by atoms with E-state index in [0.717, 1.165) is 40.7 Å². The Bertz CT molecular complexity index is 1140. The number of aromatic hydroxyl groups is 1. The van der Waals surface area contributed by atoms with Crippen LogP contribution < -0.4 is 4.74 Å². The Morgan fingerprint density at radius 3 is 2.55 bits per heavy atom. The molecule has 3 aromatic carbocycles. The molecular formula is C25H21Cl2FO3. The monoisotopic (exact) mass is 458 g/mol. The molecule has 0 aliphatic heterocycles. The van der Waals surface area contributed by atoms with Gasteiger partial charge in [0.15, 0.2) is 5.78 Å². The normalized spacial score (nSPS) is 15.0. The van der Waals surface area contributed by atoms with Crippen molar-refractivity contribution in [3.63, 3.8) is 0 Å². The van der Waals surface area contributed by atoms with Gasteiger partial charge >= 0.3 is 0 Å². The smallest absolute Gasteiger partial charge is 0.167 e. The number of hydrogen-bond donors (Lipinski definition) is 1. The van der Waals surface area contributed by atoms with Crippen molar-refractivity contribution in [2.24, 2.45) is 0 Å². The van der Waals surface area contributed by atoms with Gasteiger partial charge in [-0.15, -0.1) is 0 Å². The summed E-state index contributed by atoms with van der Waals surface area (Å²) >= 11 is 12.9. The average molecular weight is 459 g/mol. The average Bonchev–Trinajstić information content (AvgIpc) is 3.13. The van der Waals surface area contributed by atoms with Crippen LogP contribution in [0.3, 0.4) is 0 Å². The Kier molecular flexibility index (Phi) is 6.22. The second-order valence-corrected chi connectivity index (χ2v) is 8.67. The van der Waals surface area contributed by atoms with Crippen molar-refractivity contribution in [3.8, 4) is 11.5 Å². The molecule has 31 heavy (non-hydrogen) atoms. The van der Waals surface area contributed by atoms with Crippen LogP contribution in [-0.4, -0.2) is 17.5 Å². The number of phenols is 1. The lowest BCUT2D eigenvalue weighted by Crippen LogP contribution is -2.06. The number of ketones is 1. The predicted octanol–water partition coefficient (Wildman–Crippen LogP) is 6.47. The summed E-state index contributed by atoms with van der Waals surface area (Å²) in [7, 11) is 0. The van der Waals surface area contributed by atoms with E-state index in [2.05, 4.69) is 0 Å². The van der Waals surface area contributed by atoms with Gasteiger partial charge in [0.2, 0.25) is 0 Å². The van der Waals surface area contributed by atoms with E-state index >= 15 is 0 Å². The quantitative estimate of drug-likeness (QED) is 0.459. The van der Waals surface area contributed by atoms with Crippen LogP contribution in [0.15, 0.2) is 48.5 Å². The van der Waals surface area contributed by atoms with E-state index in [1.807, 2.05) is 18.2 Å². The third-order valence-corrected chi connectivity index (χ3v) is 6.26. The zero-order valence-corrected chi connectivity index (χ0v) is 18.4. The Balaban J connectivity index is 1.61. The van der Waals surface area contributed by atoms with Gasteiger partial charge in [-0.2, -0.15) is 0 Å². The molecule has 6 heteroatoms. The van der Waals surface area contributed by atoms with E-state index in [1.54, 1.807) is 24.3 Å². The maximum Gasteiger partial charge on any atom is 0.167 e. The molecule has 3 aromatic rings. The summed E-state index contributed by atoms with van der Waals surface area (Å²) in [4.78, 5) is 11.1. The zero-order chi connectivity index (χ0) is 22.1. The fourth-order valence-electron chi connectivity index (χ4n) is 4.12. The first kappa shape index (κ1) is 21.7. The molecule has 1 unspecified atom stereocenters. The van der Waals surface area contributed by atoms with Gasteiger partial charge in [-0.3, -0.25) is 4.79 Å². The Hall–Kier alpha value is -2.56. The van der Waals surface area contributed by atoms with Crippen LogP contribution in [0.4, 0.5) is 4.39 Å². The molecule has 0 amide bonds. The van der Waals surface area contributed by atoms with Crippen molar-refractivity contribution < 1.29 is 19.0 Å². The third-order valence-electron chi connectivity index (χ3n) is 5.59. The highest BCUT2D eigenvalue weighted by molar-refractivity contribution is 6.36. The lowest BCUT2D eigenvalue weighted by atomic mass is 9.90. The molecule has 0 spiro atoms. The van der Waals surface area contributed by atoms with E-state index in [9.17, 15) is 14.3 Å². The topological polar surface area (TPSA) is 46.5 Å². The van der Waals surface area contributed by atoms with Gasteiger partial charge in [0.05, 0.1) is 0 Å². The first-order valence-electron chi connectivity index (χ1n) is 10.0. The fourth-order valence-corrected chi connectivity index (χ4v) is 4.72. The molecule has 4 rings (SSSR count). The summed E-state index contributed by atoms with van der Waals surface area (Å²) in [6, 6.07) is 13.6. The van der Waals surface area contributed by atoms with Crippen LogP contribution in [0.2, 0.25) is 10.0 Å². The maximum absolute atomic E-state index is 13.6. The minimum atomic E-state index is -0.239. The number of benzene rings is 3. The van der Waals surface area contributed by atoms with Crippen molar-refractivity contribution in [1.29, 1.82) is 0 Å². The number of halogens is 3. The number of Topliss-reactive ketones (excluding diaryl/α,β-unsaturated/α-hetero) is 1. The molecular weight excluding hydrogens is 438 g/mol. The highest BCUT2D eigenvalue weighted by Gasteiger charge is 2.26. The van der Waals surface area contributed by atoms with Crippen molar-refractivity contribution in [2.45, 2.75) is 32.1 Å². The van der Waals surface area contributed by atoms with Gasteiger partial charge in [-0.1, -0.05) is 41.4 Å². The van der Waals surface area contributed by atoms with Crippen molar-refractivity contribution in [3.05, 3.63) is 92.2 Å². The number of rotatable bonds is 6. The van der Waals surface area contributed by atoms with Gasteiger partial charge in [-0.25, -0.2) is 4.39 Å². The van der Waals surface area contributed by atoms with Crippen LogP contribution in [-0.2, 0) is 17.6 Å². The van der Waals surface area contributed by atoms with E-state index in [1.165, 1.54) is 13.0 Å². The number of ether oxygens (including phenoxy) is 1. The van der Waals surface area contributed by atoms with Crippen LogP contribution in [0.25, 0.3) is 0 Å². The number of fused-ring (bicyclic) bond motifs is 1. The minimum Gasteiger partial charge on any atom is -0.508 e. The summed E-state index contributed by atoms with van der Waals surface area (Å²) in [5.74, 6) is 0.344. The summed E-state index contributed by atoms with van der Waals surface area (Å²) < 4.78 is 19.0. The number of carbonyl (C=O) groups excluding carboxylic acids is 1. The number of hydrogen-bond acceptors (Lipinski definition) is 3. The van der Waals surface area contributed by atoms with Crippen LogP contribution in [0, 0.1) is 5.82 Å². The number of aryl methyl sites for hydroxylation is 1. The second-order valence-electron chi connectivity index (χ2n) is 7.86. The fraction of sp³-hybridized carbons (Fsp3) is 0.240. The standard InChI is InChI=1S/C25H21Cl2FO3/c1-14(29)13-31-18-11-23(26)22(24(27)12-18)9-15-2-7-25(30)21(8-15)20-5-3-16-10-17(28)4-6-19(16)20/h2,4,6-8,10-12,20,30H,3,5,9,13H2,1H3. The molecule has 0 bridgehead atoms. The van der Waals surface area contributed by atoms with Crippen molar-refractivity contribution in [1.82, 2.24) is 0 Å². The first-order valence-corrected chi connectivity index (χ1v) is 10.8. The summed E-state index contributed by atoms with van der Waals surface area (Å²) in [5, 5.41) is 11.4. The Morgan fingerprint density at radius 1 is 1.10 bits per heavy atom. The molecule has 0 heterocycles. The van der Waals surface area contributed by atoms with Gasteiger partial charge < -0.3 is 9.84 Å². The highest BCUT2D eigenvalue weighted by Crippen LogP contribution is 2.42. The molecule has 1 aliphatic rings. The molecule has 0 saturated carbocycles. The van der Waals surface area contributed by atoms with Crippen molar-refractivity contribution >= 4 is 29.0 Å². The van der Waals surface area contributed by atoms with Crippen LogP contribution in [0.5, 0.6) is 11.5 Å². The number of carbonyl (C=O) groups is 1. The molecule has 0 fully saturated rings. The summed E-state index contributed by atoms with van der Waals surface area (Å²) in [6.45, 7) is 1.40. The molecule has 0 aromatic heterocycles. The molecule has 160 valence electrons. The van der Waals surface area contributed by atoms with Crippen LogP contribution in [0.1, 0.15) is 47.1 Å². The SMILES string of the molecule is CC(=O)COc1cc(Cl)c(Cc2ccc(O)c(C3CCc4cc(F)ccc43)c2)c(Cl)c1. The molecule has 0 radical (unpaired) electrons. The first-order chi connectivity index (χ1) is 14.8. The van der Waals surface area contributed by atoms with Crippen molar-refractivity contribution in [2.75, 3.05) is 6.61 Å². The summed E-state index contributed by atoms with van der Waals surface area (Å²) in [6.07, 6.45) is 2.07. The largest absolute Gasteiger partial charge is 0.508 e. The third kappa shape index (κ3) is 4.70. The van der Waals surface area contributed by atoms with E-state index in [0.29, 0.717) is 22.2 Å². The van der Waals surface area contributed by atoms with Crippen LogP contribution >= 0.6 is 23.2 Å². The maximum atomic E-state index is 13.6. The Labute approximate surface area is 190 Å². The molecule has 1 atom stereocenters. The Morgan fingerprint density at radius 2 is 1.84 bits per heavy atom. The highest BCUT2D eigenvalue weighted by atomic mass is 35.5. The van der Waals surface area contributed by atoms with Gasteiger partial charge in [-0.05, 0) is 72.4 Å². The minimum absolute atomic E-state index is 0.0175. The summed E-state index contributed by atoms with van der Waals surface area (Å²) in [5.41, 5.74) is 4.55. The molecule has 0 saturated heterocycles. The number of phenolic OH excluding ortho intramolecular Hbond substituents is 1. The van der Waals surface area contributed by atoms with E-state index in [4.69, 9.17) is 27.9 Å². The van der Waals surface area contributed by atoms with Gasteiger partial charge in [0.25, 0.3) is 0 Å². The zero-order valence-electron chi connectivity index (χ0n) is 16.9. The van der Waals surface area contributed by atoms with Gasteiger partial charge in [0.1, 0.15) is 23.9 Å². The molecule has 3 nitrogen and oxygen atoms in total.